The van der Waals surface area contributed by atoms with Crippen molar-refractivity contribution in [2.24, 2.45) is 0 Å². The molecule has 2 heterocycles. The number of hydrogen-bond acceptors (Lipinski definition) is 5. The standard InChI is InChI=1S/C12H10N4S/c1-2-9-6-13-5-4-11(9)10(3-1)7-14-12-16-15-8-17-12/h1-6,8H,7H2,(H,14,16). The minimum absolute atomic E-state index is 0.747. The molecule has 0 unspecified atom stereocenters. The third-order valence-electron chi connectivity index (χ3n) is 2.56. The second kappa shape index (κ2) is 4.47. The van der Waals surface area contributed by atoms with Crippen molar-refractivity contribution in [1.29, 1.82) is 0 Å². The van der Waals surface area contributed by atoms with Gasteiger partial charge in [0.1, 0.15) is 5.51 Å². The van der Waals surface area contributed by atoms with Crippen LogP contribution < -0.4 is 5.32 Å². The first-order valence-corrected chi connectivity index (χ1v) is 6.13. The van der Waals surface area contributed by atoms with Crippen molar-refractivity contribution in [3.8, 4) is 0 Å². The van der Waals surface area contributed by atoms with E-state index in [1.807, 2.05) is 24.5 Å². The molecule has 0 spiro atoms. The summed E-state index contributed by atoms with van der Waals surface area (Å²) in [6, 6.07) is 8.25. The van der Waals surface area contributed by atoms with Crippen molar-refractivity contribution < 1.29 is 0 Å². The Hall–Kier alpha value is -2.01. The fourth-order valence-corrected chi connectivity index (χ4v) is 2.21. The summed E-state index contributed by atoms with van der Waals surface area (Å²) in [6.07, 6.45) is 3.70. The summed E-state index contributed by atoms with van der Waals surface area (Å²) >= 11 is 1.50. The number of nitrogens with one attached hydrogen (secondary N) is 1. The molecule has 0 aliphatic rings. The molecule has 0 aliphatic carbocycles. The second-order valence-electron chi connectivity index (χ2n) is 3.61. The van der Waals surface area contributed by atoms with Crippen LogP contribution >= 0.6 is 11.3 Å². The Labute approximate surface area is 102 Å². The molecule has 5 heteroatoms. The Morgan fingerprint density at radius 3 is 3.12 bits per heavy atom. The van der Waals surface area contributed by atoms with Crippen molar-refractivity contribution in [2.75, 3.05) is 5.32 Å². The fraction of sp³-hybridized carbons (Fsp3) is 0.0833. The smallest absolute Gasteiger partial charge is 0.205 e. The van der Waals surface area contributed by atoms with Crippen molar-refractivity contribution in [3.63, 3.8) is 0 Å². The molecular formula is C12H10N4S. The van der Waals surface area contributed by atoms with Gasteiger partial charge < -0.3 is 5.32 Å². The predicted molar refractivity (Wildman–Crippen MR) is 69.0 cm³/mol. The molecule has 84 valence electrons. The average molecular weight is 242 g/mol. The molecule has 1 N–H and O–H groups in total. The van der Waals surface area contributed by atoms with E-state index in [0.29, 0.717) is 0 Å². The number of anilines is 1. The van der Waals surface area contributed by atoms with E-state index in [9.17, 15) is 0 Å². The minimum atomic E-state index is 0.747. The largest absolute Gasteiger partial charge is 0.356 e. The fourth-order valence-electron chi connectivity index (χ4n) is 1.76. The lowest BCUT2D eigenvalue weighted by Crippen LogP contribution is -1.99. The van der Waals surface area contributed by atoms with Gasteiger partial charge in [0.15, 0.2) is 0 Å². The van der Waals surface area contributed by atoms with Gasteiger partial charge in [-0.1, -0.05) is 29.5 Å². The maximum absolute atomic E-state index is 4.12. The van der Waals surface area contributed by atoms with E-state index in [1.165, 1.54) is 22.3 Å². The van der Waals surface area contributed by atoms with Crippen molar-refractivity contribution >= 4 is 27.2 Å². The zero-order valence-corrected chi connectivity index (χ0v) is 9.81. The predicted octanol–water partition coefficient (Wildman–Crippen LogP) is 2.70. The molecule has 3 aromatic rings. The Balaban J connectivity index is 1.90. The monoisotopic (exact) mass is 242 g/mol. The van der Waals surface area contributed by atoms with Crippen LogP contribution in [0, 0.1) is 0 Å². The van der Waals surface area contributed by atoms with Gasteiger partial charge in [0.05, 0.1) is 0 Å². The number of fused-ring (bicyclic) bond motifs is 1. The van der Waals surface area contributed by atoms with E-state index in [2.05, 4.69) is 32.6 Å². The van der Waals surface area contributed by atoms with Gasteiger partial charge in [-0.15, -0.1) is 10.2 Å². The zero-order chi connectivity index (χ0) is 11.5. The molecule has 0 saturated carbocycles. The lowest BCUT2D eigenvalue weighted by Gasteiger charge is -2.06. The average Bonchev–Trinajstić information content (AvgIpc) is 2.89. The Morgan fingerprint density at radius 1 is 1.24 bits per heavy atom. The summed E-state index contributed by atoms with van der Waals surface area (Å²) in [6.45, 7) is 0.747. The third kappa shape index (κ3) is 2.09. The van der Waals surface area contributed by atoms with Crippen LogP contribution in [-0.2, 0) is 6.54 Å². The molecule has 0 amide bonds. The maximum Gasteiger partial charge on any atom is 0.205 e. The highest BCUT2D eigenvalue weighted by Gasteiger charge is 2.01. The van der Waals surface area contributed by atoms with E-state index < -0.39 is 0 Å². The van der Waals surface area contributed by atoms with Crippen LogP contribution in [0.4, 0.5) is 5.13 Å². The van der Waals surface area contributed by atoms with E-state index in [-0.39, 0.29) is 0 Å². The van der Waals surface area contributed by atoms with Gasteiger partial charge in [-0.05, 0) is 17.0 Å². The summed E-state index contributed by atoms with van der Waals surface area (Å²) in [5.74, 6) is 0. The molecule has 0 atom stereocenters. The molecule has 0 aliphatic heterocycles. The Kier molecular flexibility index (Phi) is 2.67. The number of benzene rings is 1. The SMILES string of the molecule is c1cc(CNc2nncs2)c2ccncc2c1. The summed E-state index contributed by atoms with van der Waals surface area (Å²) in [5.41, 5.74) is 2.95. The number of nitrogens with zero attached hydrogens (tertiary/aromatic N) is 3. The number of pyridine rings is 1. The van der Waals surface area contributed by atoms with Gasteiger partial charge in [0, 0.05) is 24.3 Å². The van der Waals surface area contributed by atoms with Crippen molar-refractivity contribution in [2.45, 2.75) is 6.54 Å². The zero-order valence-electron chi connectivity index (χ0n) is 9.00. The third-order valence-corrected chi connectivity index (χ3v) is 3.21. The highest BCUT2D eigenvalue weighted by molar-refractivity contribution is 7.13. The number of aromatic nitrogens is 3. The van der Waals surface area contributed by atoms with Gasteiger partial charge in [-0.25, -0.2) is 0 Å². The second-order valence-corrected chi connectivity index (χ2v) is 4.44. The van der Waals surface area contributed by atoms with E-state index in [4.69, 9.17) is 0 Å². The quantitative estimate of drug-likeness (QED) is 0.767. The summed E-state index contributed by atoms with van der Waals surface area (Å²) in [7, 11) is 0. The van der Waals surface area contributed by atoms with E-state index in [0.717, 1.165) is 17.1 Å². The van der Waals surface area contributed by atoms with Crippen LogP contribution in [0.5, 0.6) is 0 Å². The van der Waals surface area contributed by atoms with Gasteiger partial charge in [0.25, 0.3) is 0 Å². The molecule has 0 saturated heterocycles. The van der Waals surface area contributed by atoms with Gasteiger partial charge in [-0.2, -0.15) is 0 Å². The number of rotatable bonds is 3. The first kappa shape index (κ1) is 10.2. The topological polar surface area (TPSA) is 50.7 Å². The van der Waals surface area contributed by atoms with E-state index >= 15 is 0 Å². The lowest BCUT2D eigenvalue weighted by molar-refractivity contribution is 1.05. The van der Waals surface area contributed by atoms with Crippen molar-refractivity contribution in [1.82, 2.24) is 15.2 Å². The maximum atomic E-state index is 4.12. The highest BCUT2D eigenvalue weighted by Crippen LogP contribution is 2.19. The molecule has 3 rings (SSSR count). The summed E-state index contributed by atoms with van der Waals surface area (Å²) < 4.78 is 0. The molecule has 0 radical (unpaired) electrons. The molecule has 4 nitrogen and oxygen atoms in total. The van der Waals surface area contributed by atoms with E-state index in [1.54, 1.807) is 5.51 Å². The molecule has 0 fully saturated rings. The van der Waals surface area contributed by atoms with Crippen molar-refractivity contribution in [3.05, 3.63) is 47.7 Å². The molecule has 0 bridgehead atoms. The van der Waals surface area contributed by atoms with Crippen LogP contribution in [0.2, 0.25) is 0 Å². The first-order valence-electron chi connectivity index (χ1n) is 5.25. The lowest BCUT2D eigenvalue weighted by atomic mass is 10.1. The van der Waals surface area contributed by atoms with Gasteiger partial charge in [-0.3, -0.25) is 4.98 Å². The summed E-state index contributed by atoms with van der Waals surface area (Å²) in [4.78, 5) is 4.12. The van der Waals surface area contributed by atoms with Crippen LogP contribution in [0.1, 0.15) is 5.56 Å². The minimum Gasteiger partial charge on any atom is -0.356 e. The van der Waals surface area contributed by atoms with Gasteiger partial charge in [0.2, 0.25) is 5.13 Å². The normalized spacial score (nSPS) is 10.6. The van der Waals surface area contributed by atoms with Gasteiger partial charge >= 0.3 is 0 Å². The Morgan fingerprint density at radius 2 is 2.24 bits per heavy atom. The molecule has 1 aromatic carbocycles. The Bertz CT molecular complexity index is 616. The summed E-state index contributed by atoms with van der Waals surface area (Å²) in [5, 5.41) is 14.2. The molecular weight excluding hydrogens is 232 g/mol. The number of hydrogen-bond donors (Lipinski definition) is 1. The molecule has 2 aromatic heterocycles. The first-order chi connectivity index (χ1) is 8.43. The van der Waals surface area contributed by atoms with Crippen LogP contribution in [0.25, 0.3) is 10.8 Å². The highest BCUT2D eigenvalue weighted by atomic mass is 32.1. The van der Waals surface area contributed by atoms with Crippen LogP contribution in [0.3, 0.4) is 0 Å². The molecule has 17 heavy (non-hydrogen) atoms. The van der Waals surface area contributed by atoms with Crippen LogP contribution in [-0.4, -0.2) is 15.2 Å². The van der Waals surface area contributed by atoms with Crippen LogP contribution in [0.15, 0.2) is 42.2 Å².